The van der Waals surface area contributed by atoms with Crippen LogP contribution in [0.1, 0.15) is 0 Å². The second-order valence-corrected chi connectivity index (χ2v) is 25.0. The lowest BCUT2D eigenvalue weighted by Gasteiger charge is -2.36. The van der Waals surface area contributed by atoms with Crippen molar-refractivity contribution in [2.24, 2.45) is 0 Å². The SMILES string of the molecule is c1ccc(-c2cccc([Si](c3ccccc3)(c3ccccc3)c3cc(-c4ccccc4)c(-n4c5ccccc5c5cc(-n6c7ccc(-c8ccccc8)cc7c7cc(-c8ccccc8)ccc76)ccc54)c(-c4ccccc4)c3)c2)cc1. The van der Waals surface area contributed by atoms with Crippen LogP contribution in [0.25, 0.3) is 111 Å². The van der Waals surface area contributed by atoms with Crippen molar-refractivity contribution in [3.8, 4) is 67.0 Å². The van der Waals surface area contributed by atoms with Crippen LogP contribution in [-0.2, 0) is 0 Å². The van der Waals surface area contributed by atoms with Gasteiger partial charge in [0, 0.05) is 38.4 Å². The van der Waals surface area contributed by atoms with Crippen molar-refractivity contribution in [1.29, 1.82) is 0 Å². The Morgan fingerprint density at radius 3 is 1.05 bits per heavy atom. The van der Waals surface area contributed by atoms with E-state index >= 15 is 0 Å². The van der Waals surface area contributed by atoms with Crippen molar-refractivity contribution in [2.75, 3.05) is 0 Å². The maximum Gasteiger partial charge on any atom is 0.179 e. The van der Waals surface area contributed by atoms with Crippen LogP contribution in [0.4, 0.5) is 0 Å². The van der Waals surface area contributed by atoms with Gasteiger partial charge >= 0.3 is 0 Å². The third kappa shape index (κ3) is 8.17. The van der Waals surface area contributed by atoms with Gasteiger partial charge in [-0.2, -0.15) is 0 Å². The number of hydrogen-bond donors (Lipinski definition) is 0. The van der Waals surface area contributed by atoms with Crippen molar-refractivity contribution >= 4 is 72.4 Å². The average Bonchev–Trinajstić information content (AvgIpc) is 4.11. The molecule has 0 atom stereocenters. The molecule has 0 spiro atoms. The quantitative estimate of drug-likeness (QED) is 0.0902. The molecule has 0 aliphatic heterocycles. The molecule has 15 rings (SSSR count). The van der Waals surface area contributed by atoms with E-state index in [4.69, 9.17) is 0 Å². The summed E-state index contributed by atoms with van der Waals surface area (Å²) in [6.45, 7) is 0. The summed E-state index contributed by atoms with van der Waals surface area (Å²) >= 11 is 0. The predicted molar refractivity (Wildman–Crippen MR) is 346 cm³/mol. The molecule has 0 amide bonds. The summed E-state index contributed by atoms with van der Waals surface area (Å²) in [6, 6.07) is 122. The Kier molecular flexibility index (Phi) is 11.9. The Labute approximate surface area is 473 Å². The Balaban J connectivity index is 1.02. The van der Waals surface area contributed by atoms with Crippen LogP contribution in [0.5, 0.6) is 0 Å². The minimum atomic E-state index is -3.15. The van der Waals surface area contributed by atoms with Crippen molar-refractivity contribution in [3.05, 3.63) is 328 Å². The molecule has 0 N–H and O–H groups in total. The highest BCUT2D eigenvalue weighted by Crippen LogP contribution is 2.44. The molecule has 15 aromatic rings. The highest BCUT2D eigenvalue weighted by molar-refractivity contribution is 7.20. The lowest BCUT2D eigenvalue weighted by atomic mass is 9.95. The van der Waals surface area contributed by atoms with Crippen molar-refractivity contribution < 1.29 is 0 Å². The number of rotatable bonds is 11. The summed E-state index contributed by atoms with van der Waals surface area (Å²) in [6.07, 6.45) is 0. The minimum absolute atomic E-state index is 1.12. The molecular formula is C78H54N2Si. The second-order valence-electron chi connectivity index (χ2n) is 21.2. The van der Waals surface area contributed by atoms with E-state index in [-0.39, 0.29) is 0 Å². The second kappa shape index (κ2) is 20.2. The van der Waals surface area contributed by atoms with E-state index in [2.05, 4.69) is 337 Å². The van der Waals surface area contributed by atoms with Crippen LogP contribution in [0.2, 0.25) is 0 Å². The highest BCUT2D eigenvalue weighted by atomic mass is 28.3. The maximum absolute atomic E-state index is 3.15. The lowest BCUT2D eigenvalue weighted by Crippen LogP contribution is -2.74. The first-order chi connectivity index (χ1) is 40.2. The first kappa shape index (κ1) is 47.9. The van der Waals surface area contributed by atoms with E-state index in [1.54, 1.807) is 0 Å². The number of fused-ring (bicyclic) bond motifs is 6. The fraction of sp³-hybridized carbons (Fsp3) is 0. The summed E-state index contributed by atoms with van der Waals surface area (Å²) in [5, 5.41) is 10.1. The molecule has 0 aliphatic carbocycles. The van der Waals surface area contributed by atoms with Crippen LogP contribution in [0.3, 0.4) is 0 Å². The number of benzene rings is 13. The van der Waals surface area contributed by atoms with E-state index in [1.807, 2.05) is 0 Å². The molecule has 13 aromatic carbocycles. The van der Waals surface area contributed by atoms with Gasteiger partial charge in [0.2, 0.25) is 0 Å². The lowest BCUT2D eigenvalue weighted by molar-refractivity contribution is 1.17. The van der Waals surface area contributed by atoms with Gasteiger partial charge in [0.1, 0.15) is 0 Å². The van der Waals surface area contributed by atoms with E-state index in [9.17, 15) is 0 Å². The zero-order valence-electron chi connectivity index (χ0n) is 44.6. The van der Waals surface area contributed by atoms with Gasteiger partial charge in [-0.05, 0) is 114 Å². The molecular weight excluding hydrogens is 993 g/mol. The normalized spacial score (nSPS) is 11.7. The molecule has 2 aromatic heterocycles. The third-order valence-electron chi connectivity index (χ3n) is 16.6. The Hall–Kier alpha value is -10.3. The molecule has 0 radical (unpaired) electrons. The maximum atomic E-state index is 2.57. The third-order valence-corrected chi connectivity index (χ3v) is 21.4. The fourth-order valence-electron chi connectivity index (χ4n) is 13.0. The van der Waals surface area contributed by atoms with E-state index < -0.39 is 8.07 Å². The highest BCUT2D eigenvalue weighted by Gasteiger charge is 2.43. The van der Waals surface area contributed by atoms with Gasteiger partial charge in [0.25, 0.3) is 0 Å². The van der Waals surface area contributed by atoms with Gasteiger partial charge in [-0.15, -0.1) is 0 Å². The van der Waals surface area contributed by atoms with E-state index in [0.29, 0.717) is 0 Å². The number of aromatic nitrogens is 2. The standard InChI is InChI=1S/C78H54N2Si/c1-8-25-55(26-9-1)60-35-24-40-66(49-60)81(64-36-18-6-19-37-64,65-38-20-7-21-39-65)67-53-69(58-31-14-4-15-32-58)78(70(54-67)59-33-16-5-17-34-59)80-74-42-23-22-41-68(74)73-52-63(45-48-77(73)80)79-75-46-43-61(56-27-10-2-11-28-56)50-71(75)72-51-62(44-47-76(72)79)57-29-12-3-13-30-57/h1-54H. The largest absolute Gasteiger partial charge is 0.309 e. The van der Waals surface area contributed by atoms with Gasteiger partial charge in [0.15, 0.2) is 8.07 Å². The Bertz CT molecular complexity index is 4570. The van der Waals surface area contributed by atoms with Crippen LogP contribution >= 0.6 is 0 Å². The van der Waals surface area contributed by atoms with Gasteiger partial charge in [0.05, 0.1) is 27.8 Å². The summed E-state index contributed by atoms with van der Waals surface area (Å²) < 4.78 is 5.04. The zero-order valence-corrected chi connectivity index (χ0v) is 45.6. The molecule has 81 heavy (non-hydrogen) atoms. The summed E-state index contributed by atoms with van der Waals surface area (Å²) in [5.41, 5.74) is 18.8. The van der Waals surface area contributed by atoms with Crippen LogP contribution in [0, 0.1) is 0 Å². The monoisotopic (exact) mass is 1050 g/mol. The Morgan fingerprint density at radius 2 is 0.556 bits per heavy atom. The van der Waals surface area contributed by atoms with E-state index in [1.165, 1.54) is 97.8 Å². The molecule has 2 heterocycles. The molecule has 0 saturated heterocycles. The topological polar surface area (TPSA) is 9.86 Å². The number of hydrogen-bond acceptors (Lipinski definition) is 0. The summed E-state index contributed by atoms with van der Waals surface area (Å²) in [5.74, 6) is 0. The number of nitrogens with zero attached hydrogens (tertiary/aromatic N) is 2. The first-order valence-corrected chi connectivity index (χ1v) is 30.0. The van der Waals surface area contributed by atoms with Gasteiger partial charge in [-0.25, -0.2) is 0 Å². The van der Waals surface area contributed by atoms with Gasteiger partial charge in [-0.3, -0.25) is 0 Å². The van der Waals surface area contributed by atoms with E-state index in [0.717, 1.165) is 33.5 Å². The predicted octanol–water partition coefficient (Wildman–Crippen LogP) is 17.6. The average molecular weight is 1050 g/mol. The summed E-state index contributed by atoms with van der Waals surface area (Å²) in [4.78, 5) is 0. The van der Waals surface area contributed by atoms with Gasteiger partial charge < -0.3 is 9.13 Å². The molecule has 2 nitrogen and oxygen atoms in total. The van der Waals surface area contributed by atoms with Crippen molar-refractivity contribution in [2.45, 2.75) is 0 Å². The van der Waals surface area contributed by atoms with Gasteiger partial charge in [-0.1, -0.05) is 279 Å². The molecule has 0 bridgehead atoms. The van der Waals surface area contributed by atoms with Crippen molar-refractivity contribution in [3.63, 3.8) is 0 Å². The molecule has 0 unspecified atom stereocenters. The molecule has 380 valence electrons. The van der Waals surface area contributed by atoms with Crippen LogP contribution in [0.15, 0.2) is 328 Å². The molecule has 0 fully saturated rings. The van der Waals surface area contributed by atoms with Crippen LogP contribution in [-0.4, -0.2) is 17.2 Å². The fourth-order valence-corrected chi connectivity index (χ4v) is 17.8. The molecule has 0 saturated carbocycles. The first-order valence-electron chi connectivity index (χ1n) is 28.0. The molecule has 0 aliphatic rings. The molecule has 3 heteroatoms. The smallest absolute Gasteiger partial charge is 0.179 e. The Morgan fingerprint density at radius 1 is 0.198 bits per heavy atom. The van der Waals surface area contributed by atoms with Crippen LogP contribution < -0.4 is 20.7 Å². The zero-order chi connectivity index (χ0) is 53.7. The summed E-state index contributed by atoms with van der Waals surface area (Å²) in [7, 11) is -3.15. The minimum Gasteiger partial charge on any atom is -0.309 e. The number of para-hydroxylation sites is 1. The van der Waals surface area contributed by atoms with Crippen molar-refractivity contribution in [1.82, 2.24) is 9.13 Å².